The lowest BCUT2D eigenvalue weighted by Gasteiger charge is -2.23. The quantitative estimate of drug-likeness (QED) is 0.738. The number of benzene rings is 1. The first kappa shape index (κ1) is 9.25. The summed E-state index contributed by atoms with van der Waals surface area (Å²) in [5.41, 5.74) is 3.52. The van der Waals surface area contributed by atoms with E-state index >= 15 is 0 Å². The zero-order valence-electron chi connectivity index (χ0n) is 8.29. The molecule has 74 valence electrons. The predicted molar refractivity (Wildman–Crippen MR) is 54.5 cm³/mol. The Morgan fingerprint density at radius 2 is 2.29 bits per heavy atom. The lowest BCUT2D eigenvalue weighted by atomic mass is 9.81. The van der Waals surface area contributed by atoms with Crippen LogP contribution in [0.1, 0.15) is 35.4 Å². The Kier molecular flexibility index (Phi) is 2.28. The van der Waals surface area contributed by atoms with Gasteiger partial charge in [-0.1, -0.05) is 18.2 Å². The van der Waals surface area contributed by atoms with Crippen molar-refractivity contribution in [3.63, 3.8) is 0 Å². The van der Waals surface area contributed by atoms with E-state index in [1.54, 1.807) is 0 Å². The van der Waals surface area contributed by atoms with Crippen molar-refractivity contribution in [2.24, 2.45) is 0 Å². The van der Waals surface area contributed by atoms with Crippen molar-refractivity contribution in [2.75, 3.05) is 0 Å². The Bertz CT molecular complexity index is 369. The first-order chi connectivity index (χ1) is 6.70. The third-order valence-electron chi connectivity index (χ3n) is 3.04. The number of rotatable bonds is 1. The molecule has 0 amide bonds. The van der Waals surface area contributed by atoms with Gasteiger partial charge in [0.05, 0.1) is 5.92 Å². The monoisotopic (exact) mass is 190 g/mol. The number of carboxylic acids is 1. The fourth-order valence-corrected chi connectivity index (χ4v) is 2.29. The van der Waals surface area contributed by atoms with Crippen molar-refractivity contribution in [1.29, 1.82) is 0 Å². The van der Waals surface area contributed by atoms with Crippen LogP contribution in [0.5, 0.6) is 0 Å². The predicted octanol–water partition coefficient (Wildman–Crippen LogP) is 2.50. The normalized spacial score (nSPS) is 20.2. The molecule has 2 nitrogen and oxygen atoms in total. The van der Waals surface area contributed by atoms with Crippen LogP contribution in [-0.2, 0) is 11.2 Å². The molecule has 2 heteroatoms. The van der Waals surface area contributed by atoms with Gasteiger partial charge in [-0.15, -0.1) is 0 Å². The molecule has 0 radical (unpaired) electrons. The number of fused-ring (bicyclic) bond motifs is 1. The van der Waals surface area contributed by atoms with Gasteiger partial charge in [0.2, 0.25) is 0 Å². The molecule has 0 saturated carbocycles. The number of aliphatic carboxylic acids is 1. The SMILES string of the molecule is Cc1cccc2c1CCC[C@@H]2C(=O)O. The minimum atomic E-state index is -0.684. The zero-order valence-corrected chi connectivity index (χ0v) is 8.29. The number of hydrogen-bond donors (Lipinski definition) is 1. The first-order valence-electron chi connectivity index (χ1n) is 5.01. The maximum Gasteiger partial charge on any atom is 0.310 e. The molecule has 2 rings (SSSR count). The summed E-state index contributed by atoms with van der Waals surface area (Å²) in [6.07, 6.45) is 2.81. The van der Waals surface area contributed by atoms with Gasteiger partial charge in [0, 0.05) is 0 Å². The third-order valence-corrected chi connectivity index (χ3v) is 3.04. The molecule has 1 aliphatic carbocycles. The molecule has 1 aromatic carbocycles. The Morgan fingerprint density at radius 1 is 1.50 bits per heavy atom. The van der Waals surface area contributed by atoms with E-state index < -0.39 is 5.97 Å². The van der Waals surface area contributed by atoms with Crippen LogP contribution in [0.3, 0.4) is 0 Å². The zero-order chi connectivity index (χ0) is 10.1. The van der Waals surface area contributed by atoms with Crippen LogP contribution in [0.25, 0.3) is 0 Å². The van der Waals surface area contributed by atoms with Gasteiger partial charge < -0.3 is 5.11 Å². The van der Waals surface area contributed by atoms with Crippen molar-refractivity contribution in [3.05, 3.63) is 34.9 Å². The highest BCUT2D eigenvalue weighted by Crippen LogP contribution is 2.33. The van der Waals surface area contributed by atoms with E-state index in [1.807, 2.05) is 12.1 Å². The van der Waals surface area contributed by atoms with Crippen LogP contribution in [0, 0.1) is 6.92 Å². The van der Waals surface area contributed by atoms with Gasteiger partial charge in [0.25, 0.3) is 0 Å². The van der Waals surface area contributed by atoms with Gasteiger partial charge in [-0.2, -0.15) is 0 Å². The maximum atomic E-state index is 11.0. The molecular formula is C12H14O2. The molecule has 0 heterocycles. The Balaban J connectivity index is 2.49. The molecule has 1 aliphatic rings. The van der Waals surface area contributed by atoms with Crippen LogP contribution in [0.15, 0.2) is 18.2 Å². The molecule has 0 bridgehead atoms. The molecule has 1 N–H and O–H groups in total. The van der Waals surface area contributed by atoms with E-state index in [9.17, 15) is 4.79 Å². The van der Waals surface area contributed by atoms with E-state index in [0.29, 0.717) is 0 Å². The molecule has 1 atom stereocenters. The summed E-state index contributed by atoms with van der Waals surface area (Å²) < 4.78 is 0. The van der Waals surface area contributed by atoms with Gasteiger partial charge >= 0.3 is 5.97 Å². The van der Waals surface area contributed by atoms with Crippen LogP contribution >= 0.6 is 0 Å². The van der Waals surface area contributed by atoms with E-state index in [-0.39, 0.29) is 5.92 Å². The Hall–Kier alpha value is -1.31. The molecule has 0 unspecified atom stereocenters. The van der Waals surface area contributed by atoms with Gasteiger partial charge in [0.1, 0.15) is 0 Å². The van der Waals surface area contributed by atoms with Crippen molar-refractivity contribution in [1.82, 2.24) is 0 Å². The number of hydrogen-bond acceptors (Lipinski definition) is 1. The average molecular weight is 190 g/mol. The van der Waals surface area contributed by atoms with E-state index in [1.165, 1.54) is 11.1 Å². The standard InChI is InChI=1S/C12H14O2/c1-8-4-2-6-10-9(8)5-3-7-11(10)12(13)14/h2,4,6,11H,3,5,7H2,1H3,(H,13,14)/t11-/m0/s1. The summed E-state index contributed by atoms with van der Waals surface area (Å²) in [6, 6.07) is 5.97. The molecule has 0 spiro atoms. The smallest absolute Gasteiger partial charge is 0.310 e. The summed E-state index contributed by atoms with van der Waals surface area (Å²) in [5.74, 6) is -0.963. The number of carboxylic acid groups (broad SMARTS) is 1. The molecule has 0 aliphatic heterocycles. The highest BCUT2D eigenvalue weighted by atomic mass is 16.4. The van der Waals surface area contributed by atoms with Crippen LogP contribution in [-0.4, -0.2) is 11.1 Å². The number of aryl methyl sites for hydroxylation is 1. The third kappa shape index (κ3) is 1.41. The van der Waals surface area contributed by atoms with Gasteiger partial charge in [0.15, 0.2) is 0 Å². The highest BCUT2D eigenvalue weighted by molar-refractivity contribution is 5.77. The lowest BCUT2D eigenvalue weighted by molar-refractivity contribution is -0.139. The summed E-state index contributed by atoms with van der Waals surface area (Å²) in [5, 5.41) is 9.08. The van der Waals surface area contributed by atoms with Crippen LogP contribution in [0.4, 0.5) is 0 Å². The molecule has 0 aromatic heterocycles. The lowest BCUT2D eigenvalue weighted by Crippen LogP contribution is -2.18. The average Bonchev–Trinajstić information content (AvgIpc) is 2.17. The topological polar surface area (TPSA) is 37.3 Å². The second kappa shape index (κ2) is 3.45. The van der Waals surface area contributed by atoms with Gasteiger partial charge in [-0.05, 0) is 42.9 Å². The summed E-state index contributed by atoms with van der Waals surface area (Å²) in [6.45, 7) is 2.06. The molecular weight excluding hydrogens is 176 g/mol. The summed E-state index contributed by atoms with van der Waals surface area (Å²) in [7, 11) is 0. The second-order valence-corrected chi connectivity index (χ2v) is 3.93. The highest BCUT2D eigenvalue weighted by Gasteiger charge is 2.26. The minimum Gasteiger partial charge on any atom is -0.481 e. The van der Waals surface area contributed by atoms with Crippen molar-refractivity contribution in [3.8, 4) is 0 Å². The molecule has 0 fully saturated rings. The van der Waals surface area contributed by atoms with Crippen molar-refractivity contribution in [2.45, 2.75) is 32.1 Å². The minimum absolute atomic E-state index is 0.279. The van der Waals surface area contributed by atoms with E-state index in [2.05, 4.69) is 13.0 Å². The largest absolute Gasteiger partial charge is 0.481 e. The molecule has 1 aromatic rings. The number of carbonyl (C=O) groups is 1. The summed E-state index contributed by atoms with van der Waals surface area (Å²) >= 11 is 0. The maximum absolute atomic E-state index is 11.0. The van der Waals surface area contributed by atoms with Gasteiger partial charge in [-0.25, -0.2) is 0 Å². The fraction of sp³-hybridized carbons (Fsp3) is 0.417. The van der Waals surface area contributed by atoms with Crippen LogP contribution < -0.4 is 0 Å². The second-order valence-electron chi connectivity index (χ2n) is 3.93. The Morgan fingerprint density at radius 3 is 3.00 bits per heavy atom. The summed E-state index contributed by atoms with van der Waals surface area (Å²) in [4.78, 5) is 11.0. The van der Waals surface area contributed by atoms with Crippen LogP contribution in [0.2, 0.25) is 0 Å². The van der Waals surface area contributed by atoms with Gasteiger partial charge in [-0.3, -0.25) is 4.79 Å². The van der Waals surface area contributed by atoms with Crippen molar-refractivity contribution < 1.29 is 9.90 Å². The van der Waals surface area contributed by atoms with E-state index in [4.69, 9.17) is 5.11 Å². The van der Waals surface area contributed by atoms with Crippen molar-refractivity contribution >= 4 is 5.97 Å². The molecule has 14 heavy (non-hydrogen) atoms. The fourth-order valence-electron chi connectivity index (χ4n) is 2.29. The van der Waals surface area contributed by atoms with E-state index in [0.717, 1.165) is 24.8 Å². The first-order valence-corrected chi connectivity index (χ1v) is 5.01. The molecule has 0 saturated heterocycles. The Labute approximate surface area is 83.6 Å².